The molecule has 130 valence electrons. The predicted octanol–water partition coefficient (Wildman–Crippen LogP) is 4.97. The highest BCUT2D eigenvalue weighted by molar-refractivity contribution is 6.31. The lowest BCUT2D eigenvalue weighted by Gasteiger charge is -2.09. The van der Waals surface area contributed by atoms with E-state index in [0.717, 1.165) is 16.6 Å². The first kappa shape index (κ1) is 16.5. The second-order valence-corrected chi connectivity index (χ2v) is 6.47. The lowest BCUT2D eigenvalue weighted by molar-refractivity contribution is 0.628. The van der Waals surface area contributed by atoms with Crippen molar-refractivity contribution in [2.75, 3.05) is 5.32 Å². The van der Waals surface area contributed by atoms with E-state index in [1.54, 1.807) is 16.9 Å². The van der Waals surface area contributed by atoms with E-state index in [2.05, 4.69) is 33.4 Å². The number of anilines is 2. The number of hydrogen-bond acceptors (Lipinski definition) is 4. The first-order chi connectivity index (χ1) is 12.5. The lowest BCUT2D eigenvalue weighted by atomic mass is 10.1. The first-order valence-corrected chi connectivity index (χ1v) is 8.39. The van der Waals surface area contributed by atoms with Crippen LogP contribution in [-0.4, -0.2) is 19.7 Å². The molecule has 7 heteroatoms. The summed E-state index contributed by atoms with van der Waals surface area (Å²) in [6.07, 6.45) is 3.18. The van der Waals surface area contributed by atoms with Gasteiger partial charge in [-0.25, -0.2) is 19.0 Å². The third-order valence-electron chi connectivity index (χ3n) is 4.13. The average molecular weight is 368 g/mol. The van der Waals surface area contributed by atoms with Gasteiger partial charge in [-0.2, -0.15) is 5.10 Å². The minimum atomic E-state index is -0.465. The fraction of sp³-hybridized carbons (Fsp3) is 0.105. The molecule has 5 nitrogen and oxygen atoms in total. The number of nitrogens with zero attached hydrogens (tertiary/aromatic N) is 4. The molecule has 0 radical (unpaired) electrons. The Morgan fingerprint density at radius 1 is 1.08 bits per heavy atom. The van der Waals surface area contributed by atoms with E-state index in [1.807, 2.05) is 19.1 Å². The fourth-order valence-corrected chi connectivity index (χ4v) is 3.05. The van der Waals surface area contributed by atoms with Crippen molar-refractivity contribution in [3.63, 3.8) is 0 Å². The van der Waals surface area contributed by atoms with Crippen LogP contribution in [0.4, 0.5) is 15.9 Å². The molecule has 0 amide bonds. The second kappa shape index (κ2) is 6.38. The molecule has 0 fully saturated rings. The van der Waals surface area contributed by atoms with Crippen LogP contribution in [0.2, 0.25) is 5.02 Å². The maximum atomic E-state index is 13.3. The number of fused-ring (bicyclic) bond motifs is 1. The van der Waals surface area contributed by atoms with Crippen molar-refractivity contribution >= 4 is 34.1 Å². The maximum Gasteiger partial charge on any atom is 0.168 e. The first-order valence-electron chi connectivity index (χ1n) is 8.01. The number of halogens is 2. The van der Waals surface area contributed by atoms with Crippen LogP contribution >= 0.6 is 11.6 Å². The molecule has 1 N–H and O–H groups in total. The van der Waals surface area contributed by atoms with E-state index in [9.17, 15) is 4.39 Å². The monoisotopic (exact) mass is 367 g/mol. The minimum Gasteiger partial charge on any atom is -0.339 e. The predicted molar refractivity (Wildman–Crippen MR) is 101 cm³/mol. The normalized spacial score (nSPS) is 11.1. The van der Waals surface area contributed by atoms with Gasteiger partial charge in [-0.1, -0.05) is 29.3 Å². The van der Waals surface area contributed by atoms with Crippen LogP contribution < -0.4 is 5.32 Å². The van der Waals surface area contributed by atoms with E-state index in [-0.39, 0.29) is 5.02 Å². The van der Waals surface area contributed by atoms with E-state index >= 15 is 0 Å². The SMILES string of the molecule is Cc1ccc(-n2ncc3c(Nc4ccc(F)c(Cl)c4)ncnc32)c(C)c1. The smallest absolute Gasteiger partial charge is 0.168 e. The van der Waals surface area contributed by atoms with E-state index < -0.39 is 5.82 Å². The van der Waals surface area contributed by atoms with Crippen LogP contribution in [-0.2, 0) is 0 Å². The number of nitrogens with one attached hydrogen (secondary N) is 1. The molecule has 0 saturated carbocycles. The van der Waals surface area contributed by atoms with Gasteiger partial charge in [0.15, 0.2) is 5.65 Å². The largest absolute Gasteiger partial charge is 0.339 e. The Bertz CT molecular complexity index is 1120. The topological polar surface area (TPSA) is 55.6 Å². The van der Waals surface area contributed by atoms with Gasteiger partial charge >= 0.3 is 0 Å². The summed E-state index contributed by atoms with van der Waals surface area (Å²) < 4.78 is 15.1. The number of aryl methyl sites for hydroxylation is 2. The van der Waals surface area contributed by atoms with Gasteiger partial charge in [0.1, 0.15) is 18.0 Å². The van der Waals surface area contributed by atoms with Gasteiger partial charge < -0.3 is 5.32 Å². The lowest BCUT2D eigenvalue weighted by Crippen LogP contribution is -2.01. The van der Waals surface area contributed by atoms with Crippen LogP contribution in [0.25, 0.3) is 16.7 Å². The molecule has 0 aliphatic rings. The van der Waals surface area contributed by atoms with Crippen molar-refractivity contribution in [1.82, 2.24) is 19.7 Å². The van der Waals surface area contributed by atoms with Crippen molar-refractivity contribution in [1.29, 1.82) is 0 Å². The van der Waals surface area contributed by atoms with Gasteiger partial charge in [0.2, 0.25) is 0 Å². The maximum absolute atomic E-state index is 13.3. The number of hydrogen-bond donors (Lipinski definition) is 1. The van der Waals surface area contributed by atoms with Gasteiger partial charge in [0, 0.05) is 5.69 Å². The molecule has 4 rings (SSSR count). The zero-order valence-corrected chi connectivity index (χ0v) is 14.9. The van der Waals surface area contributed by atoms with Crippen LogP contribution in [0.3, 0.4) is 0 Å². The summed E-state index contributed by atoms with van der Waals surface area (Å²) in [6, 6.07) is 10.6. The zero-order valence-electron chi connectivity index (χ0n) is 14.2. The van der Waals surface area contributed by atoms with Gasteiger partial charge in [-0.3, -0.25) is 0 Å². The third kappa shape index (κ3) is 2.88. The quantitative estimate of drug-likeness (QED) is 0.555. The molecule has 0 bridgehead atoms. The zero-order chi connectivity index (χ0) is 18.3. The van der Waals surface area contributed by atoms with Crippen LogP contribution in [0.15, 0.2) is 48.9 Å². The van der Waals surface area contributed by atoms with Crippen molar-refractivity contribution in [3.05, 3.63) is 70.9 Å². The summed E-state index contributed by atoms with van der Waals surface area (Å²) in [5.74, 6) is 0.112. The Morgan fingerprint density at radius 2 is 1.92 bits per heavy atom. The Kier molecular flexibility index (Phi) is 4.05. The van der Waals surface area contributed by atoms with Crippen LogP contribution in [0.1, 0.15) is 11.1 Å². The van der Waals surface area contributed by atoms with Crippen LogP contribution in [0.5, 0.6) is 0 Å². The number of aromatic nitrogens is 4. The Hall–Kier alpha value is -2.99. The van der Waals surface area contributed by atoms with Crippen molar-refractivity contribution in [2.45, 2.75) is 13.8 Å². The number of benzene rings is 2. The standard InChI is InChI=1S/C19H15ClFN5/c1-11-3-6-17(12(2)7-11)26-19-14(9-24-26)18(22-10-23-19)25-13-4-5-16(21)15(20)8-13/h3-10H,1-2H3,(H,22,23,25). The molecular weight excluding hydrogens is 353 g/mol. The second-order valence-electron chi connectivity index (χ2n) is 6.06. The molecule has 0 atom stereocenters. The summed E-state index contributed by atoms with van der Waals surface area (Å²) in [7, 11) is 0. The van der Waals surface area contributed by atoms with Gasteiger partial charge in [0.05, 0.1) is 22.3 Å². The van der Waals surface area contributed by atoms with Crippen molar-refractivity contribution < 1.29 is 4.39 Å². The molecule has 26 heavy (non-hydrogen) atoms. The van der Waals surface area contributed by atoms with Gasteiger partial charge in [-0.15, -0.1) is 0 Å². The van der Waals surface area contributed by atoms with Gasteiger partial charge in [0.25, 0.3) is 0 Å². The summed E-state index contributed by atoms with van der Waals surface area (Å²) in [5.41, 5.74) is 4.57. The molecule has 2 heterocycles. The fourth-order valence-electron chi connectivity index (χ4n) is 2.87. The molecule has 0 unspecified atom stereocenters. The molecule has 0 aliphatic carbocycles. The average Bonchev–Trinajstić information content (AvgIpc) is 3.03. The molecular formula is C19H15ClFN5. The Balaban J connectivity index is 1.78. The number of rotatable bonds is 3. The van der Waals surface area contributed by atoms with Gasteiger partial charge in [-0.05, 0) is 43.7 Å². The third-order valence-corrected chi connectivity index (χ3v) is 4.42. The van der Waals surface area contributed by atoms with Crippen LogP contribution in [0, 0.1) is 19.7 Å². The summed E-state index contributed by atoms with van der Waals surface area (Å²) >= 11 is 5.85. The summed E-state index contributed by atoms with van der Waals surface area (Å²) in [4.78, 5) is 8.66. The molecule has 2 aromatic heterocycles. The molecule has 4 aromatic rings. The highest BCUT2D eigenvalue weighted by atomic mass is 35.5. The Labute approximate surface area is 154 Å². The minimum absolute atomic E-state index is 0.0475. The highest BCUT2D eigenvalue weighted by Crippen LogP contribution is 2.27. The molecule has 0 aliphatic heterocycles. The van der Waals surface area contributed by atoms with Crippen molar-refractivity contribution in [3.8, 4) is 5.69 Å². The summed E-state index contributed by atoms with van der Waals surface area (Å²) in [6.45, 7) is 4.09. The molecule has 0 spiro atoms. The van der Waals surface area contributed by atoms with E-state index in [0.29, 0.717) is 17.2 Å². The van der Waals surface area contributed by atoms with E-state index in [4.69, 9.17) is 11.6 Å². The Morgan fingerprint density at radius 3 is 2.69 bits per heavy atom. The molecule has 2 aromatic carbocycles. The van der Waals surface area contributed by atoms with Crippen molar-refractivity contribution in [2.24, 2.45) is 0 Å². The van der Waals surface area contributed by atoms with E-state index in [1.165, 1.54) is 24.0 Å². The highest BCUT2D eigenvalue weighted by Gasteiger charge is 2.13. The molecule has 0 saturated heterocycles. The summed E-state index contributed by atoms with van der Waals surface area (Å²) in [5, 5.41) is 8.43.